The minimum Gasteiger partial charge on any atom is -0.478 e. The highest BCUT2D eigenvalue weighted by Gasteiger charge is 2.22. The van der Waals surface area contributed by atoms with Crippen LogP contribution in [0.3, 0.4) is 0 Å². The normalized spacial score (nSPS) is 12.1. The third kappa shape index (κ3) is 3.50. The maximum absolute atomic E-state index is 12.2. The van der Waals surface area contributed by atoms with E-state index < -0.39 is 5.97 Å². The average Bonchev–Trinajstić information content (AvgIpc) is 2.63. The van der Waals surface area contributed by atoms with Crippen molar-refractivity contribution in [2.75, 3.05) is 12.4 Å². The second kappa shape index (κ2) is 6.74. The maximum atomic E-state index is 12.2. The van der Waals surface area contributed by atoms with E-state index in [4.69, 9.17) is 0 Å². The summed E-state index contributed by atoms with van der Waals surface area (Å²) in [6.45, 7) is 7.66. The highest BCUT2D eigenvalue weighted by Crippen LogP contribution is 2.32. The number of anilines is 1. The number of amides is 2. The number of carboxylic acid groups (broad SMARTS) is 1. The smallest absolute Gasteiger partial charge is 0.338 e. The van der Waals surface area contributed by atoms with E-state index in [9.17, 15) is 14.7 Å². The molecule has 112 valence electrons. The summed E-state index contributed by atoms with van der Waals surface area (Å²) >= 11 is 1.30. The van der Waals surface area contributed by atoms with Crippen molar-refractivity contribution in [3.8, 4) is 0 Å². The Kier molecular flexibility index (Phi) is 5.56. The number of urea groups is 1. The number of carboxylic acids is 1. The Balaban J connectivity index is 2.91. The molecule has 2 amide bonds. The summed E-state index contributed by atoms with van der Waals surface area (Å²) < 4.78 is 0. The third-order valence-electron chi connectivity index (χ3n) is 3.51. The monoisotopic (exact) mass is 298 g/mol. The van der Waals surface area contributed by atoms with Gasteiger partial charge in [-0.15, -0.1) is 11.3 Å². The molecule has 0 spiro atoms. The second-order valence-electron chi connectivity index (χ2n) is 4.97. The predicted octanol–water partition coefficient (Wildman–Crippen LogP) is 3.72. The molecule has 1 atom stereocenters. The molecule has 0 saturated carbocycles. The van der Waals surface area contributed by atoms with Gasteiger partial charge in [0.25, 0.3) is 0 Å². The van der Waals surface area contributed by atoms with E-state index in [2.05, 4.69) is 12.2 Å². The molecule has 20 heavy (non-hydrogen) atoms. The van der Waals surface area contributed by atoms with Crippen molar-refractivity contribution < 1.29 is 14.7 Å². The van der Waals surface area contributed by atoms with Crippen molar-refractivity contribution in [1.82, 2.24) is 4.90 Å². The van der Waals surface area contributed by atoms with Crippen molar-refractivity contribution in [2.24, 2.45) is 0 Å². The van der Waals surface area contributed by atoms with E-state index in [1.807, 2.05) is 13.8 Å². The fraction of sp³-hybridized carbons (Fsp3) is 0.571. The summed E-state index contributed by atoms with van der Waals surface area (Å²) in [5.41, 5.74) is 0.902. The number of aromatic carboxylic acids is 1. The molecule has 0 aromatic carbocycles. The Morgan fingerprint density at radius 3 is 2.50 bits per heavy atom. The first-order valence-corrected chi connectivity index (χ1v) is 7.48. The predicted molar refractivity (Wildman–Crippen MR) is 81.9 cm³/mol. The van der Waals surface area contributed by atoms with Crippen LogP contribution in [0.1, 0.15) is 47.5 Å². The zero-order valence-corrected chi connectivity index (χ0v) is 13.4. The van der Waals surface area contributed by atoms with Crippen LogP contribution >= 0.6 is 11.3 Å². The minimum atomic E-state index is -1.01. The Morgan fingerprint density at radius 2 is 2.00 bits per heavy atom. The number of aryl methyl sites for hydroxylation is 1. The van der Waals surface area contributed by atoms with Crippen LogP contribution in [0.25, 0.3) is 0 Å². The van der Waals surface area contributed by atoms with E-state index >= 15 is 0 Å². The molecule has 6 heteroatoms. The standard InChI is InChI=1S/C14H22N2O3S/c1-6-7-8(2)16(5)14(19)15-12-11(13(17)18)9(3)10(4)20-12/h8H,6-7H2,1-5H3,(H,15,19)(H,17,18). The molecule has 1 rings (SSSR count). The number of thiophene rings is 1. The Labute approximate surface area is 123 Å². The van der Waals surface area contributed by atoms with Crippen LogP contribution in [0.5, 0.6) is 0 Å². The molecule has 1 heterocycles. The number of hydrogen-bond acceptors (Lipinski definition) is 3. The van der Waals surface area contributed by atoms with Crippen LogP contribution in [0.15, 0.2) is 0 Å². The van der Waals surface area contributed by atoms with Gasteiger partial charge < -0.3 is 10.0 Å². The van der Waals surface area contributed by atoms with Crippen LogP contribution in [-0.4, -0.2) is 35.1 Å². The topological polar surface area (TPSA) is 69.6 Å². The minimum absolute atomic E-state index is 0.121. The van der Waals surface area contributed by atoms with Crippen LogP contribution in [0.2, 0.25) is 0 Å². The number of carbonyl (C=O) groups is 2. The van der Waals surface area contributed by atoms with Gasteiger partial charge in [0.2, 0.25) is 0 Å². The van der Waals surface area contributed by atoms with Gasteiger partial charge in [-0.2, -0.15) is 0 Å². The molecular formula is C14H22N2O3S. The number of rotatable bonds is 5. The number of nitrogens with one attached hydrogen (secondary N) is 1. The number of nitrogens with zero attached hydrogens (tertiary/aromatic N) is 1. The quantitative estimate of drug-likeness (QED) is 0.870. The summed E-state index contributed by atoms with van der Waals surface area (Å²) in [7, 11) is 1.73. The van der Waals surface area contributed by atoms with Gasteiger partial charge in [-0.1, -0.05) is 13.3 Å². The largest absolute Gasteiger partial charge is 0.478 e. The van der Waals surface area contributed by atoms with Crippen molar-refractivity contribution in [3.63, 3.8) is 0 Å². The lowest BCUT2D eigenvalue weighted by Crippen LogP contribution is -2.38. The molecule has 0 aliphatic rings. The van der Waals surface area contributed by atoms with E-state index in [1.54, 1.807) is 18.9 Å². The van der Waals surface area contributed by atoms with Gasteiger partial charge >= 0.3 is 12.0 Å². The molecule has 0 aliphatic carbocycles. The van der Waals surface area contributed by atoms with Crippen molar-refractivity contribution in [2.45, 2.75) is 46.6 Å². The molecule has 1 aromatic rings. The summed E-state index contributed by atoms with van der Waals surface area (Å²) in [5, 5.41) is 12.4. The molecule has 1 unspecified atom stereocenters. The van der Waals surface area contributed by atoms with Gasteiger partial charge in [-0.05, 0) is 32.8 Å². The van der Waals surface area contributed by atoms with Crippen LogP contribution in [0, 0.1) is 13.8 Å². The first kappa shape index (κ1) is 16.5. The van der Waals surface area contributed by atoms with Crippen LogP contribution < -0.4 is 5.32 Å². The van der Waals surface area contributed by atoms with Gasteiger partial charge in [0.05, 0.1) is 5.56 Å². The number of hydrogen-bond donors (Lipinski definition) is 2. The van der Waals surface area contributed by atoms with Gasteiger partial charge in [0, 0.05) is 18.0 Å². The second-order valence-corrected chi connectivity index (χ2v) is 6.20. The van der Waals surface area contributed by atoms with Crippen molar-refractivity contribution in [3.05, 3.63) is 16.0 Å². The highest BCUT2D eigenvalue weighted by molar-refractivity contribution is 7.16. The van der Waals surface area contributed by atoms with E-state index in [0.717, 1.165) is 17.7 Å². The van der Waals surface area contributed by atoms with Crippen molar-refractivity contribution in [1.29, 1.82) is 0 Å². The Bertz CT molecular complexity index is 511. The molecule has 0 saturated heterocycles. The summed E-state index contributed by atoms with van der Waals surface area (Å²) in [6.07, 6.45) is 1.91. The zero-order chi connectivity index (χ0) is 15.4. The molecule has 0 aliphatic heterocycles. The molecular weight excluding hydrogens is 276 g/mol. The Hall–Kier alpha value is -1.56. The average molecular weight is 298 g/mol. The summed E-state index contributed by atoms with van der Waals surface area (Å²) in [4.78, 5) is 26.0. The zero-order valence-electron chi connectivity index (χ0n) is 12.6. The molecule has 0 bridgehead atoms. The lowest BCUT2D eigenvalue weighted by molar-refractivity contribution is 0.0697. The first-order valence-electron chi connectivity index (χ1n) is 6.66. The SMILES string of the molecule is CCCC(C)N(C)C(=O)Nc1sc(C)c(C)c1C(=O)O. The summed E-state index contributed by atoms with van der Waals surface area (Å²) in [6, 6.07) is -0.148. The van der Waals surface area contributed by atoms with E-state index in [0.29, 0.717) is 10.6 Å². The van der Waals surface area contributed by atoms with E-state index in [-0.39, 0.29) is 17.6 Å². The fourth-order valence-electron chi connectivity index (χ4n) is 1.97. The molecule has 0 radical (unpaired) electrons. The third-order valence-corrected chi connectivity index (χ3v) is 4.63. The Morgan fingerprint density at radius 1 is 1.40 bits per heavy atom. The van der Waals surface area contributed by atoms with Gasteiger partial charge in [0.1, 0.15) is 5.00 Å². The van der Waals surface area contributed by atoms with Gasteiger partial charge in [0.15, 0.2) is 0 Å². The van der Waals surface area contributed by atoms with Gasteiger partial charge in [-0.25, -0.2) is 9.59 Å². The highest BCUT2D eigenvalue weighted by atomic mass is 32.1. The molecule has 5 nitrogen and oxygen atoms in total. The number of carbonyl (C=O) groups excluding carboxylic acids is 1. The maximum Gasteiger partial charge on any atom is 0.338 e. The summed E-state index contributed by atoms with van der Waals surface area (Å²) in [5.74, 6) is -1.01. The molecule has 1 aromatic heterocycles. The first-order chi connectivity index (χ1) is 9.29. The molecule has 2 N–H and O–H groups in total. The fourth-order valence-corrected chi connectivity index (χ4v) is 3.01. The lowest BCUT2D eigenvalue weighted by Gasteiger charge is -2.24. The van der Waals surface area contributed by atoms with Crippen LogP contribution in [0.4, 0.5) is 9.80 Å². The lowest BCUT2D eigenvalue weighted by atomic mass is 10.1. The van der Waals surface area contributed by atoms with Crippen molar-refractivity contribution >= 4 is 28.3 Å². The van der Waals surface area contributed by atoms with Gasteiger partial charge in [-0.3, -0.25) is 5.32 Å². The molecule has 0 fully saturated rings. The van der Waals surface area contributed by atoms with E-state index in [1.165, 1.54) is 11.3 Å². The van der Waals surface area contributed by atoms with Crippen LogP contribution in [-0.2, 0) is 0 Å².